The minimum absolute atomic E-state index is 0.00364. The Hall–Kier alpha value is -2.34. The van der Waals surface area contributed by atoms with Gasteiger partial charge in [0.25, 0.3) is 0 Å². The molecule has 30 heavy (non-hydrogen) atoms. The summed E-state index contributed by atoms with van der Waals surface area (Å²) in [6.07, 6.45) is 6.17. The van der Waals surface area contributed by atoms with Crippen molar-refractivity contribution in [3.05, 3.63) is 42.0 Å². The van der Waals surface area contributed by atoms with Gasteiger partial charge in [0.15, 0.2) is 0 Å². The molecule has 1 aliphatic rings. The molecule has 2 rings (SSSR count). The van der Waals surface area contributed by atoms with Crippen molar-refractivity contribution in [3.63, 3.8) is 0 Å². The Kier molecular flexibility index (Phi) is 8.47. The summed E-state index contributed by atoms with van der Waals surface area (Å²) < 4.78 is 11.2. The topological polar surface area (TPSA) is 67.9 Å². The van der Waals surface area contributed by atoms with E-state index in [0.29, 0.717) is 13.0 Å². The number of likely N-dealkylation sites (tertiary alicyclic amines) is 1. The largest absolute Gasteiger partial charge is 0.497 e. The van der Waals surface area contributed by atoms with E-state index in [4.69, 9.17) is 9.47 Å². The van der Waals surface area contributed by atoms with Crippen molar-refractivity contribution >= 4 is 11.8 Å². The third-order valence-corrected chi connectivity index (χ3v) is 6.05. The maximum absolute atomic E-state index is 13.1. The van der Waals surface area contributed by atoms with E-state index in [9.17, 15) is 9.59 Å². The molecule has 1 aromatic carbocycles. The Morgan fingerprint density at radius 1 is 1.33 bits per heavy atom. The van der Waals surface area contributed by atoms with Gasteiger partial charge in [-0.25, -0.2) is 0 Å². The summed E-state index contributed by atoms with van der Waals surface area (Å²) in [5.74, 6) is 0.747. The quantitative estimate of drug-likeness (QED) is 0.591. The number of methoxy groups -OCH3 is 2. The van der Waals surface area contributed by atoms with Crippen LogP contribution in [0.15, 0.2) is 36.4 Å². The molecule has 0 unspecified atom stereocenters. The molecule has 0 aliphatic carbocycles. The van der Waals surface area contributed by atoms with Crippen LogP contribution in [0.4, 0.5) is 0 Å². The minimum Gasteiger partial charge on any atom is -0.497 e. The number of amides is 2. The number of hydrogen-bond donors (Lipinski definition) is 1. The molecule has 1 aliphatic heterocycles. The van der Waals surface area contributed by atoms with E-state index < -0.39 is 5.60 Å². The van der Waals surface area contributed by atoms with Crippen LogP contribution in [0.1, 0.15) is 52.5 Å². The number of hydrogen-bond acceptors (Lipinski definition) is 4. The first-order valence-corrected chi connectivity index (χ1v) is 10.7. The number of ether oxygens (including phenoxy) is 2. The fourth-order valence-electron chi connectivity index (χ4n) is 4.51. The molecule has 0 aromatic heterocycles. The zero-order chi connectivity index (χ0) is 22.3. The summed E-state index contributed by atoms with van der Waals surface area (Å²) in [7, 11) is 3.31. The summed E-state index contributed by atoms with van der Waals surface area (Å²) in [6, 6.07) is 7.22. The van der Waals surface area contributed by atoms with Gasteiger partial charge in [-0.1, -0.05) is 37.6 Å². The fourth-order valence-corrected chi connectivity index (χ4v) is 4.51. The van der Waals surface area contributed by atoms with Gasteiger partial charge in [-0.05, 0) is 38.0 Å². The Morgan fingerprint density at radius 3 is 2.50 bits per heavy atom. The predicted molar refractivity (Wildman–Crippen MR) is 118 cm³/mol. The number of nitrogens with one attached hydrogen (secondary N) is 1. The van der Waals surface area contributed by atoms with Gasteiger partial charge in [0, 0.05) is 32.9 Å². The van der Waals surface area contributed by atoms with Crippen molar-refractivity contribution < 1.29 is 19.1 Å². The first-order chi connectivity index (χ1) is 14.3. The number of allylic oxidation sites excluding steroid dienone is 1. The molecule has 1 fully saturated rings. The van der Waals surface area contributed by atoms with E-state index in [1.807, 2.05) is 49.1 Å². The highest BCUT2D eigenvalue weighted by atomic mass is 16.5. The minimum atomic E-state index is -0.590. The standard InChI is InChI=1S/C24H36N2O4/c1-7-9-19-15-21(28)26(16-18-10-12-20(29-5)13-11-18)22(19)23(25-17(3)27)24(4,30-6)14-8-2/h7,9-13,19,22-23H,8,14-16H2,1-6H3,(H,25,27)/b9-7+/t19-,22-,23-,24+/m1/s1. The fraction of sp³-hybridized carbons (Fsp3) is 0.583. The van der Waals surface area contributed by atoms with E-state index in [1.54, 1.807) is 14.2 Å². The highest BCUT2D eigenvalue weighted by molar-refractivity contribution is 5.80. The molecule has 0 radical (unpaired) electrons. The SMILES string of the molecule is C/C=C/[C@@H]1CC(=O)N(Cc2ccc(OC)cc2)[C@H]1[C@@H](NC(C)=O)[C@](C)(CCC)OC. The van der Waals surface area contributed by atoms with Crippen LogP contribution < -0.4 is 10.1 Å². The third kappa shape index (κ3) is 5.42. The number of carbonyl (C=O) groups excluding carboxylic acids is 2. The van der Waals surface area contributed by atoms with Crippen LogP contribution in [0.2, 0.25) is 0 Å². The van der Waals surface area contributed by atoms with Crippen LogP contribution in [0.5, 0.6) is 5.75 Å². The lowest BCUT2D eigenvalue weighted by atomic mass is 9.80. The first-order valence-electron chi connectivity index (χ1n) is 10.7. The molecular weight excluding hydrogens is 380 g/mol. The highest BCUT2D eigenvalue weighted by Gasteiger charge is 2.49. The monoisotopic (exact) mass is 416 g/mol. The van der Waals surface area contributed by atoms with Crippen LogP contribution >= 0.6 is 0 Å². The molecule has 166 valence electrons. The van der Waals surface area contributed by atoms with Gasteiger partial charge in [0.1, 0.15) is 5.75 Å². The van der Waals surface area contributed by atoms with Gasteiger partial charge in [-0.15, -0.1) is 0 Å². The van der Waals surface area contributed by atoms with Crippen LogP contribution in [-0.2, 0) is 20.9 Å². The third-order valence-electron chi connectivity index (χ3n) is 6.05. The second-order valence-corrected chi connectivity index (χ2v) is 8.20. The number of carbonyl (C=O) groups is 2. The number of rotatable bonds is 10. The zero-order valence-corrected chi connectivity index (χ0v) is 19.1. The van der Waals surface area contributed by atoms with Crippen molar-refractivity contribution in [2.75, 3.05) is 14.2 Å². The summed E-state index contributed by atoms with van der Waals surface area (Å²) >= 11 is 0. The lowest BCUT2D eigenvalue weighted by Gasteiger charge is -2.44. The van der Waals surface area contributed by atoms with Crippen LogP contribution in [0.3, 0.4) is 0 Å². The summed E-state index contributed by atoms with van der Waals surface area (Å²) in [6.45, 7) is 8.08. The smallest absolute Gasteiger partial charge is 0.223 e. The average Bonchev–Trinajstić information content (AvgIpc) is 3.01. The van der Waals surface area contributed by atoms with Gasteiger partial charge in [-0.3, -0.25) is 9.59 Å². The van der Waals surface area contributed by atoms with Crippen molar-refractivity contribution in [2.45, 2.75) is 71.2 Å². The van der Waals surface area contributed by atoms with Crippen LogP contribution in [-0.4, -0.2) is 48.6 Å². The van der Waals surface area contributed by atoms with E-state index in [-0.39, 0.29) is 29.8 Å². The maximum Gasteiger partial charge on any atom is 0.223 e. The Labute approximate surface area is 180 Å². The van der Waals surface area contributed by atoms with E-state index in [2.05, 4.69) is 18.3 Å². The lowest BCUT2D eigenvalue weighted by Crippen LogP contribution is -2.62. The molecule has 1 N–H and O–H groups in total. The lowest BCUT2D eigenvalue weighted by molar-refractivity contribution is -0.134. The molecule has 6 nitrogen and oxygen atoms in total. The van der Waals surface area contributed by atoms with Crippen molar-refractivity contribution in [3.8, 4) is 5.75 Å². The Bertz CT molecular complexity index is 746. The Morgan fingerprint density at radius 2 is 2.00 bits per heavy atom. The summed E-state index contributed by atoms with van der Waals surface area (Å²) in [5.41, 5.74) is 0.430. The summed E-state index contributed by atoms with van der Waals surface area (Å²) in [4.78, 5) is 27.1. The molecule has 0 saturated carbocycles. The molecule has 2 amide bonds. The molecule has 1 saturated heterocycles. The molecule has 0 bridgehead atoms. The second-order valence-electron chi connectivity index (χ2n) is 8.20. The van der Waals surface area contributed by atoms with Crippen molar-refractivity contribution in [1.29, 1.82) is 0 Å². The molecule has 1 heterocycles. The van der Waals surface area contributed by atoms with Gasteiger partial charge >= 0.3 is 0 Å². The molecule has 6 heteroatoms. The number of nitrogens with zero attached hydrogens (tertiary/aromatic N) is 1. The molecular formula is C24H36N2O4. The van der Waals surface area contributed by atoms with Gasteiger partial charge in [-0.2, -0.15) is 0 Å². The van der Waals surface area contributed by atoms with E-state index in [1.165, 1.54) is 6.92 Å². The summed E-state index contributed by atoms with van der Waals surface area (Å²) in [5, 5.41) is 3.13. The Balaban J connectivity index is 2.46. The van der Waals surface area contributed by atoms with Crippen LogP contribution in [0, 0.1) is 5.92 Å². The van der Waals surface area contributed by atoms with E-state index >= 15 is 0 Å². The van der Waals surface area contributed by atoms with Crippen LogP contribution in [0.25, 0.3) is 0 Å². The zero-order valence-electron chi connectivity index (χ0n) is 19.1. The predicted octanol–water partition coefficient (Wildman–Crippen LogP) is 3.70. The normalized spacial score (nSPS) is 22.2. The molecule has 1 aromatic rings. The van der Waals surface area contributed by atoms with Gasteiger partial charge in [0.05, 0.1) is 24.8 Å². The maximum atomic E-state index is 13.1. The van der Waals surface area contributed by atoms with Gasteiger partial charge < -0.3 is 19.7 Å². The van der Waals surface area contributed by atoms with Crippen molar-refractivity contribution in [1.82, 2.24) is 10.2 Å². The average molecular weight is 417 g/mol. The van der Waals surface area contributed by atoms with Crippen molar-refractivity contribution in [2.24, 2.45) is 5.92 Å². The van der Waals surface area contributed by atoms with E-state index in [0.717, 1.165) is 24.2 Å². The van der Waals surface area contributed by atoms with Gasteiger partial charge in [0.2, 0.25) is 11.8 Å². The first kappa shape index (κ1) is 23.9. The molecule has 4 atom stereocenters. The second kappa shape index (κ2) is 10.6. The molecule has 0 spiro atoms. The number of benzene rings is 1. The highest BCUT2D eigenvalue weighted by Crippen LogP contribution is 2.37.